The minimum atomic E-state index is -4.94. The van der Waals surface area contributed by atoms with E-state index in [4.69, 9.17) is 18.9 Å². The van der Waals surface area contributed by atoms with E-state index in [1.165, 1.54) is 12.1 Å². The van der Waals surface area contributed by atoms with E-state index in [9.17, 15) is 45.1 Å². The summed E-state index contributed by atoms with van der Waals surface area (Å²) in [5.74, 6) is -3.38. The first kappa shape index (κ1) is 42.7. The number of carbonyl (C=O) groups is 4. The van der Waals surface area contributed by atoms with Gasteiger partial charge in [-0.3, -0.25) is 0 Å². The van der Waals surface area contributed by atoms with Crippen molar-refractivity contribution in [1.82, 2.24) is 0 Å². The molecule has 0 aromatic heterocycles. The average Bonchev–Trinajstić information content (AvgIpc) is 2.98. The Morgan fingerprint density at radius 2 is 0.800 bits per heavy atom. The number of ether oxygens (including phenoxy) is 4. The molecule has 0 unspecified atom stereocenters. The smallest absolute Gasteiger partial charge is 0.744 e. The molecule has 2 aromatic rings. The van der Waals surface area contributed by atoms with Crippen LogP contribution < -0.4 is 0 Å². The van der Waals surface area contributed by atoms with Gasteiger partial charge in [0, 0.05) is 0 Å². The molecule has 0 saturated heterocycles. The molecule has 0 aliphatic carbocycles. The molecule has 0 aliphatic rings. The molecule has 0 fully saturated rings. The maximum Gasteiger partial charge on any atom is 2.00 e. The average molecular weight is 796 g/mol. The number of carbonyl (C=O) groups excluding carboxylic acids is 4. The molecule has 2 aromatic carbocycles. The standard InChI is InChI=1S/2C14H18O7S.Ba/c2*1-3-7-20-13(15)10-5-6-11(14(16)21-8-4-2)12(9-10)22(17,18)19;/h2*5-6,9H,3-4,7-8H2,1-2H3,(H,17,18,19);/q;;+2/p-2. The van der Waals surface area contributed by atoms with Gasteiger partial charge in [-0.15, -0.1) is 0 Å². The summed E-state index contributed by atoms with van der Waals surface area (Å²) in [5.41, 5.74) is -1.02. The number of hydrogen-bond donors (Lipinski definition) is 0. The SMILES string of the molecule is CCCOC(=O)c1ccc(C(=O)OCCC)c(S(=O)(=O)[O-])c1.CCCOC(=O)c1ccc(C(=O)OCCC)c(S(=O)(=O)[O-])c1.[Ba+2]. The molecule has 14 nitrogen and oxygen atoms in total. The zero-order valence-electron chi connectivity index (χ0n) is 25.4. The Kier molecular flexibility index (Phi) is 19.7. The van der Waals surface area contributed by atoms with Crippen LogP contribution in [0.15, 0.2) is 46.2 Å². The van der Waals surface area contributed by atoms with Gasteiger partial charge in [-0.2, -0.15) is 0 Å². The van der Waals surface area contributed by atoms with Crippen LogP contribution in [-0.2, 0) is 39.2 Å². The van der Waals surface area contributed by atoms with Crippen molar-refractivity contribution < 1.29 is 64.1 Å². The van der Waals surface area contributed by atoms with Crippen LogP contribution in [0.4, 0.5) is 0 Å². The van der Waals surface area contributed by atoms with Crippen molar-refractivity contribution in [1.29, 1.82) is 0 Å². The Balaban J connectivity index is 0.000000842. The summed E-state index contributed by atoms with van der Waals surface area (Å²) < 4.78 is 87.2. The Labute approximate surface area is 302 Å². The van der Waals surface area contributed by atoms with Crippen LogP contribution in [0, 0.1) is 0 Å². The summed E-state index contributed by atoms with van der Waals surface area (Å²) >= 11 is 0. The zero-order valence-corrected chi connectivity index (χ0v) is 31.4. The molecule has 0 N–H and O–H groups in total. The van der Waals surface area contributed by atoms with Gasteiger partial charge in [-0.05, 0) is 62.1 Å². The first-order chi connectivity index (χ1) is 20.6. The maximum absolute atomic E-state index is 11.8. The molecule has 244 valence electrons. The Morgan fingerprint density at radius 3 is 1.04 bits per heavy atom. The fourth-order valence-electron chi connectivity index (χ4n) is 3.15. The second kappa shape index (κ2) is 20.8. The Bertz CT molecular complexity index is 1420. The van der Waals surface area contributed by atoms with Gasteiger partial charge in [0.25, 0.3) is 0 Å². The topological polar surface area (TPSA) is 220 Å². The third-order valence-corrected chi connectivity index (χ3v) is 6.92. The number of benzene rings is 2. The summed E-state index contributed by atoms with van der Waals surface area (Å²) in [6, 6.07) is 6.26. The van der Waals surface area contributed by atoms with E-state index in [2.05, 4.69) is 0 Å². The molecule has 0 spiro atoms. The maximum atomic E-state index is 11.8. The molecule has 2 rings (SSSR count). The summed E-state index contributed by atoms with van der Waals surface area (Å²) in [7, 11) is -9.88. The molecule has 0 radical (unpaired) electrons. The van der Waals surface area contributed by atoms with Crippen molar-refractivity contribution >= 4 is 93.0 Å². The van der Waals surface area contributed by atoms with E-state index in [1.807, 2.05) is 0 Å². The molecule has 0 aliphatic heterocycles. The van der Waals surface area contributed by atoms with Crippen molar-refractivity contribution in [3.63, 3.8) is 0 Å². The van der Waals surface area contributed by atoms with Crippen molar-refractivity contribution in [2.45, 2.75) is 63.2 Å². The van der Waals surface area contributed by atoms with Crippen molar-refractivity contribution in [3.8, 4) is 0 Å². The third kappa shape index (κ3) is 14.3. The second-order valence-corrected chi connectivity index (χ2v) is 11.6. The minimum absolute atomic E-state index is 0. The van der Waals surface area contributed by atoms with Crippen molar-refractivity contribution in [2.24, 2.45) is 0 Å². The van der Waals surface area contributed by atoms with E-state index in [1.54, 1.807) is 27.7 Å². The van der Waals surface area contributed by atoms with Gasteiger partial charge in [0.15, 0.2) is 0 Å². The van der Waals surface area contributed by atoms with E-state index in [0.29, 0.717) is 25.7 Å². The number of esters is 4. The van der Waals surface area contributed by atoms with Crippen LogP contribution in [0.5, 0.6) is 0 Å². The molecule has 0 bridgehead atoms. The Hall–Kier alpha value is -2.29. The van der Waals surface area contributed by atoms with Gasteiger partial charge in [0.1, 0.15) is 20.2 Å². The predicted molar refractivity (Wildman–Crippen MR) is 157 cm³/mol. The van der Waals surface area contributed by atoms with Crippen LogP contribution in [0.25, 0.3) is 0 Å². The summed E-state index contributed by atoms with van der Waals surface area (Å²) in [6.07, 6.45) is 2.29. The van der Waals surface area contributed by atoms with Gasteiger partial charge in [-0.25, -0.2) is 36.0 Å². The molecule has 0 heterocycles. The first-order valence-electron chi connectivity index (χ1n) is 13.5. The van der Waals surface area contributed by atoms with Gasteiger partial charge in [0.2, 0.25) is 0 Å². The van der Waals surface area contributed by atoms with Gasteiger partial charge in [-0.1, -0.05) is 27.7 Å². The largest absolute Gasteiger partial charge is 2.00 e. The fourth-order valence-corrected chi connectivity index (χ4v) is 4.53. The fraction of sp³-hybridized carbons (Fsp3) is 0.429. The van der Waals surface area contributed by atoms with Crippen LogP contribution in [0.2, 0.25) is 0 Å². The van der Waals surface area contributed by atoms with Crippen LogP contribution >= 0.6 is 0 Å². The molecule has 17 heteroatoms. The van der Waals surface area contributed by atoms with Gasteiger partial charge >= 0.3 is 72.8 Å². The number of hydrogen-bond acceptors (Lipinski definition) is 14. The van der Waals surface area contributed by atoms with Crippen LogP contribution in [0.3, 0.4) is 0 Å². The molecule has 0 atom stereocenters. The minimum Gasteiger partial charge on any atom is -0.744 e. The molecule has 45 heavy (non-hydrogen) atoms. The molecular weight excluding hydrogens is 762 g/mol. The van der Waals surface area contributed by atoms with Gasteiger partial charge < -0.3 is 28.1 Å². The van der Waals surface area contributed by atoms with Crippen LogP contribution in [-0.4, -0.2) is 125 Å². The quantitative estimate of drug-likeness (QED) is 0.116. The van der Waals surface area contributed by atoms with Gasteiger partial charge in [0.05, 0.1) is 58.5 Å². The van der Waals surface area contributed by atoms with Crippen molar-refractivity contribution in [2.75, 3.05) is 26.4 Å². The van der Waals surface area contributed by atoms with E-state index >= 15 is 0 Å². The predicted octanol–water partition coefficient (Wildman–Crippen LogP) is 3.07. The first-order valence-corrected chi connectivity index (χ1v) is 16.3. The van der Waals surface area contributed by atoms with E-state index in [-0.39, 0.29) is 86.4 Å². The normalized spacial score (nSPS) is 10.8. The van der Waals surface area contributed by atoms with E-state index < -0.39 is 65.0 Å². The summed E-state index contributed by atoms with van der Waals surface area (Å²) in [5, 5.41) is 0. The Morgan fingerprint density at radius 1 is 0.533 bits per heavy atom. The molecule has 0 saturated carbocycles. The van der Waals surface area contributed by atoms with E-state index in [0.717, 1.165) is 24.3 Å². The zero-order chi connectivity index (χ0) is 33.5. The summed E-state index contributed by atoms with van der Waals surface area (Å²) in [4.78, 5) is 45.4. The number of rotatable bonds is 14. The molecular formula is C28H34BaO14S2. The second-order valence-electron chi connectivity index (χ2n) is 8.87. The molecule has 0 amide bonds. The summed E-state index contributed by atoms with van der Waals surface area (Å²) in [6.45, 7) is 7.66. The third-order valence-electron chi connectivity index (χ3n) is 5.16. The monoisotopic (exact) mass is 796 g/mol. The van der Waals surface area contributed by atoms with Crippen molar-refractivity contribution in [3.05, 3.63) is 58.7 Å². The van der Waals surface area contributed by atoms with Crippen LogP contribution in [0.1, 0.15) is 94.8 Å².